The average Bonchev–Trinajstić information content (AvgIpc) is 2.96. The van der Waals surface area contributed by atoms with Gasteiger partial charge < -0.3 is 14.8 Å². The van der Waals surface area contributed by atoms with E-state index in [2.05, 4.69) is 46.7 Å². The number of hydrogen-bond donors (Lipinski definition) is 1. The molecule has 0 radical (unpaired) electrons. The molecule has 1 N–H and O–H groups in total. The van der Waals surface area contributed by atoms with Gasteiger partial charge in [-0.1, -0.05) is 48.5 Å². The molecule has 1 aromatic heterocycles. The molecule has 0 fully saturated rings. The number of nitrogens with one attached hydrogen (secondary N) is 1. The fourth-order valence-corrected chi connectivity index (χ4v) is 3.23. The Hall–Kier alpha value is -2.85. The van der Waals surface area contributed by atoms with Gasteiger partial charge in [0.15, 0.2) is 11.5 Å². The van der Waals surface area contributed by atoms with Crippen molar-refractivity contribution in [2.75, 3.05) is 13.2 Å². The van der Waals surface area contributed by atoms with Gasteiger partial charge in [0.05, 0.1) is 19.3 Å². The summed E-state index contributed by atoms with van der Waals surface area (Å²) in [4.78, 5) is 4.28. The van der Waals surface area contributed by atoms with Crippen molar-refractivity contribution in [3.05, 3.63) is 89.7 Å². The molecule has 3 aromatic rings. The Bertz CT molecular complexity index is 798. The van der Waals surface area contributed by atoms with Crippen molar-refractivity contribution in [3.63, 3.8) is 0 Å². The van der Waals surface area contributed by atoms with Crippen LogP contribution in [0.2, 0.25) is 0 Å². The van der Waals surface area contributed by atoms with Crippen molar-refractivity contribution in [1.82, 2.24) is 10.3 Å². The molecule has 0 saturated carbocycles. The molecule has 0 saturated heterocycles. The van der Waals surface area contributed by atoms with Crippen LogP contribution in [-0.2, 0) is 6.54 Å². The number of aromatic nitrogens is 1. The van der Waals surface area contributed by atoms with E-state index >= 15 is 0 Å². The van der Waals surface area contributed by atoms with E-state index in [0.29, 0.717) is 19.8 Å². The average molecular weight is 346 g/mol. The third-order valence-corrected chi connectivity index (χ3v) is 4.50. The number of hydrogen-bond acceptors (Lipinski definition) is 4. The lowest BCUT2D eigenvalue weighted by Gasteiger charge is -2.21. The molecule has 0 amide bonds. The summed E-state index contributed by atoms with van der Waals surface area (Å²) >= 11 is 0. The Morgan fingerprint density at radius 1 is 0.885 bits per heavy atom. The molecule has 2 heterocycles. The minimum absolute atomic E-state index is 0.0625. The van der Waals surface area contributed by atoms with Gasteiger partial charge in [0.25, 0.3) is 0 Å². The third-order valence-electron chi connectivity index (χ3n) is 4.50. The van der Waals surface area contributed by atoms with Gasteiger partial charge in [-0.25, -0.2) is 0 Å². The Kier molecular flexibility index (Phi) is 5.12. The van der Waals surface area contributed by atoms with E-state index < -0.39 is 0 Å². The van der Waals surface area contributed by atoms with E-state index in [-0.39, 0.29) is 6.04 Å². The van der Waals surface area contributed by atoms with E-state index in [1.807, 2.05) is 30.5 Å². The highest BCUT2D eigenvalue weighted by Gasteiger charge is 2.17. The Morgan fingerprint density at radius 3 is 2.58 bits per heavy atom. The number of para-hydroxylation sites is 1. The highest BCUT2D eigenvalue weighted by Crippen LogP contribution is 2.33. The summed E-state index contributed by atoms with van der Waals surface area (Å²) in [7, 11) is 0. The highest BCUT2D eigenvalue weighted by atomic mass is 16.5. The smallest absolute Gasteiger partial charge is 0.165 e. The first-order valence-corrected chi connectivity index (χ1v) is 8.97. The van der Waals surface area contributed by atoms with Crippen LogP contribution in [0.25, 0.3) is 0 Å². The van der Waals surface area contributed by atoms with Gasteiger partial charge in [0.1, 0.15) is 0 Å². The fraction of sp³-hybridized carbons (Fsp3) is 0.227. The zero-order chi connectivity index (χ0) is 17.6. The molecule has 0 spiro atoms. The van der Waals surface area contributed by atoms with E-state index in [0.717, 1.165) is 29.0 Å². The van der Waals surface area contributed by atoms with Crippen LogP contribution in [0.1, 0.15) is 29.2 Å². The summed E-state index contributed by atoms with van der Waals surface area (Å²) in [5.41, 5.74) is 3.45. The van der Waals surface area contributed by atoms with Crippen LogP contribution in [0.3, 0.4) is 0 Å². The maximum Gasteiger partial charge on any atom is 0.165 e. The summed E-state index contributed by atoms with van der Waals surface area (Å²) in [5.74, 6) is 1.69. The van der Waals surface area contributed by atoms with Crippen LogP contribution < -0.4 is 14.8 Å². The molecular formula is C22H22N2O2. The summed E-state index contributed by atoms with van der Waals surface area (Å²) in [6.45, 7) is 2.07. The van der Waals surface area contributed by atoms with Crippen LogP contribution in [0.4, 0.5) is 0 Å². The van der Waals surface area contributed by atoms with Crippen molar-refractivity contribution >= 4 is 0 Å². The van der Waals surface area contributed by atoms with Crippen LogP contribution >= 0.6 is 0 Å². The van der Waals surface area contributed by atoms with Crippen LogP contribution in [0, 0.1) is 0 Å². The maximum absolute atomic E-state index is 5.95. The zero-order valence-corrected chi connectivity index (χ0v) is 14.6. The maximum atomic E-state index is 5.95. The lowest BCUT2D eigenvalue weighted by atomic mass is 10.00. The SMILES string of the molecule is c1ccc([C@H](NCc2cccc3c2OCCCO3)c2cccnc2)cc1. The minimum Gasteiger partial charge on any atom is -0.490 e. The van der Waals surface area contributed by atoms with Crippen molar-refractivity contribution in [2.45, 2.75) is 19.0 Å². The predicted octanol–water partition coefficient (Wildman–Crippen LogP) is 4.12. The Labute approximate surface area is 153 Å². The summed E-state index contributed by atoms with van der Waals surface area (Å²) in [6.07, 6.45) is 4.62. The zero-order valence-electron chi connectivity index (χ0n) is 14.6. The van der Waals surface area contributed by atoms with Gasteiger partial charge in [0.2, 0.25) is 0 Å². The second kappa shape index (κ2) is 8.02. The number of benzene rings is 2. The number of ether oxygens (including phenoxy) is 2. The molecule has 4 heteroatoms. The lowest BCUT2D eigenvalue weighted by molar-refractivity contribution is 0.296. The van der Waals surface area contributed by atoms with Crippen molar-refractivity contribution in [1.29, 1.82) is 0 Å². The third kappa shape index (κ3) is 3.70. The second-order valence-electron chi connectivity index (χ2n) is 6.31. The molecular weight excluding hydrogens is 324 g/mol. The van der Waals surface area contributed by atoms with Gasteiger partial charge in [-0.2, -0.15) is 0 Å². The first kappa shape index (κ1) is 16.6. The molecule has 1 atom stereocenters. The minimum atomic E-state index is 0.0625. The molecule has 132 valence electrons. The summed E-state index contributed by atoms with van der Waals surface area (Å²) < 4.78 is 11.7. The number of nitrogens with zero attached hydrogens (tertiary/aromatic N) is 1. The normalized spacial score (nSPS) is 14.5. The first-order chi connectivity index (χ1) is 12.9. The second-order valence-corrected chi connectivity index (χ2v) is 6.31. The van der Waals surface area contributed by atoms with Crippen LogP contribution in [-0.4, -0.2) is 18.2 Å². The monoisotopic (exact) mass is 346 g/mol. The largest absolute Gasteiger partial charge is 0.490 e. The number of fused-ring (bicyclic) bond motifs is 1. The van der Waals surface area contributed by atoms with Gasteiger partial charge in [-0.05, 0) is 23.3 Å². The van der Waals surface area contributed by atoms with E-state index in [1.165, 1.54) is 5.56 Å². The fourth-order valence-electron chi connectivity index (χ4n) is 3.23. The molecule has 0 aliphatic carbocycles. The van der Waals surface area contributed by atoms with Crippen LogP contribution in [0.5, 0.6) is 11.5 Å². The van der Waals surface area contributed by atoms with E-state index in [9.17, 15) is 0 Å². The molecule has 1 aliphatic heterocycles. The predicted molar refractivity (Wildman–Crippen MR) is 101 cm³/mol. The van der Waals surface area contributed by atoms with Crippen molar-refractivity contribution in [2.24, 2.45) is 0 Å². The summed E-state index contributed by atoms with van der Waals surface area (Å²) in [6, 6.07) is 20.6. The highest BCUT2D eigenvalue weighted by molar-refractivity contribution is 5.47. The molecule has 2 aromatic carbocycles. The first-order valence-electron chi connectivity index (χ1n) is 8.97. The van der Waals surface area contributed by atoms with Crippen LogP contribution in [0.15, 0.2) is 73.1 Å². The standard InChI is InChI=1S/C22H22N2O2/c1-2-7-17(8-3-1)21(18-10-5-12-23-15-18)24-16-19-9-4-11-20-22(19)26-14-6-13-25-20/h1-5,7-12,15,21,24H,6,13-14,16H2/t21-/m0/s1. The summed E-state index contributed by atoms with van der Waals surface area (Å²) in [5, 5.41) is 3.66. The quantitative estimate of drug-likeness (QED) is 0.755. The topological polar surface area (TPSA) is 43.4 Å². The number of rotatable bonds is 5. The molecule has 0 bridgehead atoms. The molecule has 26 heavy (non-hydrogen) atoms. The molecule has 4 nitrogen and oxygen atoms in total. The molecule has 1 aliphatic rings. The number of pyridine rings is 1. The van der Waals surface area contributed by atoms with E-state index in [1.54, 1.807) is 6.20 Å². The van der Waals surface area contributed by atoms with Gasteiger partial charge in [0, 0.05) is 30.9 Å². The van der Waals surface area contributed by atoms with Gasteiger partial charge in [-0.15, -0.1) is 0 Å². The van der Waals surface area contributed by atoms with E-state index in [4.69, 9.17) is 9.47 Å². The molecule has 4 rings (SSSR count). The van der Waals surface area contributed by atoms with Gasteiger partial charge in [-0.3, -0.25) is 4.98 Å². The van der Waals surface area contributed by atoms with Crippen molar-refractivity contribution in [3.8, 4) is 11.5 Å². The Morgan fingerprint density at radius 2 is 1.73 bits per heavy atom. The molecule has 0 unspecified atom stereocenters. The lowest BCUT2D eigenvalue weighted by Crippen LogP contribution is -2.22. The van der Waals surface area contributed by atoms with Crippen molar-refractivity contribution < 1.29 is 9.47 Å². The Balaban J connectivity index is 1.60. The van der Waals surface area contributed by atoms with Gasteiger partial charge >= 0.3 is 0 Å².